The van der Waals surface area contributed by atoms with Crippen molar-refractivity contribution in [1.29, 1.82) is 0 Å². The van der Waals surface area contributed by atoms with Crippen molar-refractivity contribution < 1.29 is 19.1 Å². The third-order valence-corrected chi connectivity index (χ3v) is 4.72. The molecule has 3 rings (SSSR count). The predicted octanol–water partition coefficient (Wildman–Crippen LogP) is 1.67. The summed E-state index contributed by atoms with van der Waals surface area (Å²) in [5.74, 6) is -0.279. The Morgan fingerprint density at radius 1 is 1.19 bits per heavy atom. The first kappa shape index (κ1) is 19.4. The number of benzene rings is 1. The van der Waals surface area contributed by atoms with E-state index in [2.05, 4.69) is 20.5 Å². The molecule has 27 heavy (non-hydrogen) atoms. The number of ether oxygens (including phenoxy) is 2. The van der Waals surface area contributed by atoms with Gasteiger partial charge < -0.3 is 20.1 Å². The average Bonchev–Trinajstić information content (AvgIpc) is 3.11. The van der Waals surface area contributed by atoms with E-state index in [1.165, 1.54) is 18.4 Å². The van der Waals surface area contributed by atoms with Gasteiger partial charge in [-0.3, -0.25) is 14.5 Å². The summed E-state index contributed by atoms with van der Waals surface area (Å²) >= 11 is 1.38. The van der Waals surface area contributed by atoms with Gasteiger partial charge in [-0.1, -0.05) is 12.1 Å². The van der Waals surface area contributed by atoms with E-state index in [9.17, 15) is 9.59 Å². The second-order valence-corrected chi connectivity index (χ2v) is 6.89. The normalized spacial score (nSPS) is 14.7. The Morgan fingerprint density at radius 3 is 2.63 bits per heavy atom. The minimum Gasteiger partial charge on any atom is -0.379 e. The van der Waals surface area contributed by atoms with Gasteiger partial charge in [0.15, 0.2) is 5.13 Å². The number of carbonyl (C=O) groups is 2. The number of carbonyl (C=O) groups excluding carboxylic acids is 2. The number of aromatic nitrogens is 1. The van der Waals surface area contributed by atoms with Gasteiger partial charge >= 0.3 is 0 Å². The summed E-state index contributed by atoms with van der Waals surface area (Å²) in [6, 6.07) is 7.35. The van der Waals surface area contributed by atoms with Crippen LogP contribution in [0.3, 0.4) is 0 Å². The van der Waals surface area contributed by atoms with Gasteiger partial charge in [0.1, 0.15) is 6.61 Å². The summed E-state index contributed by atoms with van der Waals surface area (Å²) in [6.07, 6.45) is 0. The van der Waals surface area contributed by atoms with E-state index in [0.717, 1.165) is 24.3 Å². The zero-order valence-electron chi connectivity index (χ0n) is 15.1. The highest BCUT2D eigenvalue weighted by Crippen LogP contribution is 2.26. The fraction of sp³-hybridized carbons (Fsp3) is 0.389. The maximum Gasteiger partial charge on any atom is 0.250 e. The number of nitrogens with zero attached hydrogens (tertiary/aromatic N) is 2. The summed E-state index contributed by atoms with van der Waals surface area (Å²) in [7, 11) is 1.47. The van der Waals surface area contributed by atoms with Crippen LogP contribution in [0.1, 0.15) is 0 Å². The van der Waals surface area contributed by atoms with Crippen LogP contribution in [0.4, 0.5) is 10.8 Å². The molecule has 0 radical (unpaired) electrons. The van der Waals surface area contributed by atoms with Crippen molar-refractivity contribution in [2.75, 3.05) is 57.2 Å². The molecule has 2 aromatic rings. The fourth-order valence-corrected chi connectivity index (χ4v) is 3.37. The minimum atomic E-state index is -0.204. The molecule has 2 heterocycles. The summed E-state index contributed by atoms with van der Waals surface area (Å²) in [4.78, 5) is 30.2. The number of anilines is 2. The van der Waals surface area contributed by atoms with Crippen LogP contribution in [0.15, 0.2) is 29.6 Å². The molecule has 1 aromatic carbocycles. The molecule has 144 valence electrons. The topological polar surface area (TPSA) is 92.8 Å². The van der Waals surface area contributed by atoms with Crippen LogP contribution in [0.25, 0.3) is 11.3 Å². The van der Waals surface area contributed by atoms with Crippen molar-refractivity contribution in [2.45, 2.75) is 0 Å². The molecule has 0 atom stereocenters. The quantitative estimate of drug-likeness (QED) is 0.747. The lowest BCUT2D eigenvalue weighted by Gasteiger charge is -2.25. The van der Waals surface area contributed by atoms with Gasteiger partial charge in [-0.2, -0.15) is 0 Å². The lowest BCUT2D eigenvalue weighted by atomic mass is 10.1. The minimum absolute atomic E-state index is 0.0152. The Kier molecular flexibility index (Phi) is 6.88. The molecule has 1 aliphatic heterocycles. The Bertz CT molecular complexity index is 772. The van der Waals surface area contributed by atoms with Crippen molar-refractivity contribution in [3.63, 3.8) is 0 Å². The number of hydrogen-bond donors (Lipinski definition) is 2. The Morgan fingerprint density at radius 2 is 1.93 bits per heavy atom. The van der Waals surface area contributed by atoms with Crippen molar-refractivity contribution >= 4 is 34.0 Å². The van der Waals surface area contributed by atoms with Crippen LogP contribution >= 0.6 is 11.3 Å². The third kappa shape index (κ3) is 5.83. The molecule has 1 saturated heterocycles. The van der Waals surface area contributed by atoms with Crippen LogP contribution < -0.4 is 10.6 Å². The standard InChI is InChI=1S/C18H22N4O4S/c1-25-11-17(24)19-14-4-2-13(3-5-14)15-12-27-18(20-15)21-16(23)10-22-6-8-26-9-7-22/h2-5,12H,6-11H2,1H3,(H,19,24)(H,20,21,23). The van der Waals surface area contributed by atoms with Gasteiger partial charge in [-0.05, 0) is 12.1 Å². The maximum absolute atomic E-state index is 12.1. The number of nitrogens with one attached hydrogen (secondary N) is 2. The number of rotatable bonds is 7. The zero-order valence-corrected chi connectivity index (χ0v) is 15.9. The second kappa shape index (κ2) is 9.56. The molecule has 9 heteroatoms. The Labute approximate surface area is 161 Å². The van der Waals surface area contributed by atoms with Crippen molar-refractivity contribution in [3.05, 3.63) is 29.6 Å². The predicted molar refractivity (Wildman–Crippen MR) is 104 cm³/mol. The summed E-state index contributed by atoms with van der Waals surface area (Å²) in [6.45, 7) is 3.22. The molecule has 0 spiro atoms. The number of amides is 2. The third-order valence-electron chi connectivity index (χ3n) is 3.96. The molecule has 0 bridgehead atoms. The van der Waals surface area contributed by atoms with E-state index in [-0.39, 0.29) is 18.4 Å². The van der Waals surface area contributed by atoms with E-state index in [0.29, 0.717) is 30.6 Å². The molecule has 8 nitrogen and oxygen atoms in total. The van der Waals surface area contributed by atoms with Gasteiger partial charge in [-0.25, -0.2) is 4.98 Å². The van der Waals surface area contributed by atoms with Gasteiger partial charge in [0.25, 0.3) is 0 Å². The lowest BCUT2D eigenvalue weighted by Crippen LogP contribution is -2.41. The first-order chi connectivity index (χ1) is 13.1. The highest BCUT2D eigenvalue weighted by atomic mass is 32.1. The molecule has 0 aliphatic carbocycles. The highest BCUT2D eigenvalue weighted by Gasteiger charge is 2.15. The van der Waals surface area contributed by atoms with Crippen LogP contribution in [0.2, 0.25) is 0 Å². The van der Waals surface area contributed by atoms with Gasteiger partial charge in [0, 0.05) is 36.8 Å². The van der Waals surface area contributed by atoms with Gasteiger partial charge in [-0.15, -0.1) is 11.3 Å². The number of hydrogen-bond acceptors (Lipinski definition) is 7. The number of methoxy groups -OCH3 is 1. The monoisotopic (exact) mass is 390 g/mol. The Balaban J connectivity index is 1.55. The average molecular weight is 390 g/mol. The molecular weight excluding hydrogens is 368 g/mol. The maximum atomic E-state index is 12.1. The smallest absolute Gasteiger partial charge is 0.250 e. The number of morpholine rings is 1. The first-order valence-corrected chi connectivity index (χ1v) is 9.47. The van der Waals surface area contributed by atoms with E-state index in [1.54, 1.807) is 12.1 Å². The van der Waals surface area contributed by atoms with Gasteiger partial charge in [0.2, 0.25) is 11.8 Å². The Hall–Kier alpha value is -2.33. The largest absolute Gasteiger partial charge is 0.379 e. The molecule has 2 N–H and O–H groups in total. The summed E-state index contributed by atoms with van der Waals surface area (Å²) in [5.41, 5.74) is 2.37. The first-order valence-electron chi connectivity index (χ1n) is 8.59. The molecule has 1 aromatic heterocycles. The number of thiazole rings is 1. The SMILES string of the molecule is COCC(=O)Nc1ccc(-c2csc(NC(=O)CN3CCOCC3)n2)cc1. The van der Waals surface area contributed by atoms with Crippen molar-refractivity contribution in [2.24, 2.45) is 0 Å². The summed E-state index contributed by atoms with van der Waals surface area (Å²) in [5, 5.41) is 8.05. The van der Waals surface area contributed by atoms with Crippen LogP contribution in [0.5, 0.6) is 0 Å². The second-order valence-electron chi connectivity index (χ2n) is 6.03. The van der Waals surface area contributed by atoms with E-state index in [1.807, 2.05) is 17.5 Å². The van der Waals surface area contributed by atoms with Crippen LogP contribution in [-0.4, -0.2) is 68.3 Å². The van der Waals surface area contributed by atoms with Crippen LogP contribution in [0, 0.1) is 0 Å². The lowest BCUT2D eigenvalue weighted by molar-refractivity contribution is -0.120. The van der Waals surface area contributed by atoms with E-state index >= 15 is 0 Å². The van der Waals surface area contributed by atoms with Crippen LogP contribution in [-0.2, 0) is 19.1 Å². The highest BCUT2D eigenvalue weighted by molar-refractivity contribution is 7.14. The fourth-order valence-electron chi connectivity index (χ4n) is 2.64. The molecular formula is C18H22N4O4S. The molecule has 0 unspecified atom stereocenters. The van der Waals surface area contributed by atoms with Crippen molar-refractivity contribution in [1.82, 2.24) is 9.88 Å². The van der Waals surface area contributed by atoms with Gasteiger partial charge in [0.05, 0.1) is 25.5 Å². The summed E-state index contributed by atoms with van der Waals surface area (Å²) < 4.78 is 10.1. The molecule has 1 aliphatic rings. The zero-order chi connectivity index (χ0) is 19.1. The van der Waals surface area contributed by atoms with E-state index in [4.69, 9.17) is 9.47 Å². The van der Waals surface area contributed by atoms with Crippen molar-refractivity contribution in [3.8, 4) is 11.3 Å². The van der Waals surface area contributed by atoms with E-state index < -0.39 is 0 Å². The molecule has 1 fully saturated rings. The molecule has 2 amide bonds. The molecule has 0 saturated carbocycles.